The van der Waals surface area contributed by atoms with Crippen LogP contribution in [0, 0.1) is 19.7 Å². The Balaban J connectivity index is 1.52. The molecular weight excluding hydrogens is 537 g/mol. The van der Waals surface area contributed by atoms with Gasteiger partial charge in [0.25, 0.3) is 11.8 Å². The van der Waals surface area contributed by atoms with E-state index in [0.29, 0.717) is 46.1 Å². The number of nitrogens with zero attached hydrogens (tertiary/aromatic N) is 2. The zero-order valence-electron chi connectivity index (χ0n) is 24.8. The summed E-state index contributed by atoms with van der Waals surface area (Å²) in [6.07, 6.45) is 1.63. The molecule has 0 fully saturated rings. The van der Waals surface area contributed by atoms with Gasteiger partial charge in [-0.1, -0.05) is 26.0 Å². The number of aromatic nitrogens is 1. The normalized spacial score (nSPS) is 13.5. The smallest absolute Gasteiger partial charge is 0.259 e. The van der Waals surface area contributed by atoms with Crippen LogP contribution in [-0.4, -0.2) is 67.4 Å². The molecule has 222 valence electrons. The average molecular weight is 576 g/mol. The Morgan fingerprint density at radius 3 is 2.45 bits per heavy atom. The Labute approximate surface area is 245 Å². The van der Waals surface area contributed by atoms with Crippen molar-refractivity contribution >= 4 is 35.1 Å². The number of carbonyl (C=O) groups excluding carboxylic acids is 3. The van der Waals surface area contributed by atoms with Gasteiger partial charge in [0.2, 0.25) is 5.91 Å². The van der Waals surface area contributed by atoms with Crippen LogP contribution in [0.25, 0.3) is 11.6 Å². The molecule has 1 aliphatic rings. The van der Waals surface area contributed by atoms with Gasteiger partial charge in [-0.3, -0.25) is 19.3 Å². The van der Waals surface area contributed by atoms with E-state index < -0.39 is 11.7 Å². The summed E-state index contributed by atoms with van der Waals surface area (Å²) in [5, 5.41) is 5.81. The lowest BCUT2D eigenvalue weighted by Crippen LogP contribution is -2.38. The number of benzene rings is 2. The van der Waals surface area contributed by atoms with Crippen molar-refractivity contribution < 1.29 is 23.5 Å². The number of amides is 3. The van der Waals surface area contributed by atoms with Crippen molar-refractivity contribution in [3.8, 4) is 5.75 Å². The summed E-state index contributed by atoms with van der Waals surface area (Å²) >= 11 is 0. The molecule has 2 aromatic carbocycles. The van der Waals surface area contributed by atoms with Gasteiger partial charge in [-0.25, -0.2) is 4.39 Å². The third-order valence-corrected chi connectivity index (χ3v) is 7.57. The molecule has 0 bridgehead atoms. The molecule has 3 amide bonds. The molecule has 1 aromatic heterocycles. The van der Waals surface area contributed by atoms with Crippen LogP contribution in [0.4, 0.5) is 10.1 Å². The Morgan fingerprint density at radius 2 is 1.79 bits per heavy atom. The number of rotatable bonds is 12. The van der Waals surface area contributed by atoms with Gasteiger partial charge >= 0.3 is 0 Å². The number of hydrogen-bond donors (Lipinski definition) is 3. The molecule has 0 atom stereocenters. The molecule has 4 rings (SSSR count). The second kappa shape index (κ2) is 13.5. The molecule has 0 spiro atoms. The van der Waals surface area contributed by atoms with Crippen LogP contribution in [0.3, 0.4) is 0 Å². The van der Waals surface area contributed by atoms with E-state index >= 15 is 0 Å². The van der Waals surface area contributed by atoms with E-state index in [2.05, 4.69) is 34.4 Å². The third kappa shape index (κ3) is 6.71. The number of methoxy groups -OCH3 is 1. The number of halogens is 1. The fraction of sp³-hybridized carbons (Fsp3) is 0.344. The number of H-pyrrole nitrogens is 1. The quantitative estimate of drug-likeness (QED) is 0.283. The number of ether oxygens (including phenoxy) is 1. The van der Waals surface area contributed by atoms with E-state index in [4.69, 9.17) is 4.74 Å². The lowest BCUT2D eigenvalue weighted by Gasteiger charge is -2.18. The van der Waals surface area contributed by atoms with Crippen molar-refractivity contribution in [3.63, 3.8) is 0 Å². The van der Waals surface area contributed by atoms with Crippen LogP contribution >= 0.6 is 0 Å². The summed E-state index contributed by atoms with van der Waals surface area (Å²) in [6.45, 7) is 10.9. The van der Waals surface area contributed by atoms with Crippen molar-refractivity contribution in [2.75, 3.05) is 44.7 Å². The Bertz CT molecular complexity index is 1490. The molecule has 3 aromatic rings. The molecule has 10 heteroatoms. The summed E-state index contributed by atoms with van der Waals surface area (Å²) in [4.78, 5) is 46.3. The van der Waals surface area contributed by atoms with Gasteiger partial charge in [0.1, 0.15) is 18.1 Å². The van der Waals surface area contributed by atoms with E-state index in [0.717, 1.165) is 25.2 Å². The van der Waals surface area contributed by atoms with E-state index in [1.807, 2.05) is 19.1 Å². The summed E-state index contributed by atoms with van der Waals surface area (Å²) in [5.41, 5.74) is 4.39. The fourth-order valence-electron chi connectivity index (χ4n) is 5.13. The number of nitrogens with one attached hydrogen (secondary N) is 3. The second-order valence-electron chi connectivity index (χ2n) is 10.2. The molecule has 9 nitrogen and oxygen atoms in total. The monoisotopic (exact) mass is 575 g/mol. The number of anilines is 1. The third-order valence-electron chi connectivity index (χ3n) is 7.57. The van der Waals surface area contributed by atoms with Crippen molar-refractivity contribution in [2.45, 2.75) is 34.2 Å². The van der Waals surface area contributed by atoms with Gasteiger partial charge < -0.3 is 25.3 Å². The zero-order chi connectivity index (χ0) is 30.4. The maximum atomic E-state index is 14.3. The number of hydrogen-bond acceptors (Lipinski definition) is 5. The highest BCUT2D eigenvalue weighted by Crippen LogP contribution is 2.38. The van der Waals surface area contributed by atoms with Gasteiger partial charge in [-0.15, -0.1) is 0 Å². The Hall–Kier alpha value is -4.44. The molecular formula is C32H38FN5O4. The van der Waals surface area contributed by atoms with Crippen molar-refractivity contribution in [3.05, 3.63) is 81.9 Å². The lowest BCUT2D eigenvalue weighted by atomic mass is 10.0. The highest BCUT2D eigenvalue weighted by Gasteiger charge is 2.34. The standard InChI is InChI=1S/C32H38FN5O4/c1-6-37(7-2)15-14-34-31(40)30-20(3)27(36-21(30)4)17-26-25-16-23(33)10-13-28(25)38(32(26)41)19-29(39)35-18-22-8-11-24(42-5)12-9-22/h8-13,16-17,36H,6-7,14-15,18-19H2,1-5H3,(H,34,40)(H,35,39)/b26-17-. The molecule has 0 saturated heterocycles. The molecule has 3 N–H and O–H groups in total. The molecule has 42 heavy (non-hydrogen) atoms. The van der Waals surface area contributed by atoms with E-state index in [9.17, 15) is 18.8 Å². The van der Waals surface area contributed by atoms with E-state index in [-0.39, 0.29) is 30.5 Å². The fourth-order valence-corrected chi connectivity index (χ4v) is 5.13. The molecule has 0 saturated carbocycles. The van der Waals surface area contributed by atoms with Gasteiger partial charge in [-0.2, -0.15) is 0 Å². The largest absolute Gasteiger partial charge is 0.497 e. The number of aryl methyl sites for hydroxylation is 1. The predicted molar refractivity (Wildman–Crippen MR) is 162 cm³/mol. The number of likely N-dealkylation sites (N-methyl/N-ethyl adjacent to an activating group) is 1. The zero-order valence-corrected chi connectivity index (χ0v) is 24.8. The SMILES string of the molecule is CCN(CC)CCNC(=O)c1c(C)[nH]c(/C=C2\C(=O)N(CC(=O)NCc3ccc(OC)cc3)c3ccc(F)cc32)c1C. The first-order valence-corrected chi connectivity index (χ1v) is 14.1. The lowest BCUT2D eigenvalue weighted by molar-refractivity contribution is -0.122. The van der Waals surface area contributed by atoms with Gasteiger partial charge in [0.05, 0.1) is 23.9 Å². The highest BCUT2D eigenvalue weighted by atomic mass is 19.1. The van der Waals surface area contributed by atoms with Gasteiger partial charge in [0, 0.05) is 36.6 Å². The second-order valence-corrected chi connectivity index (χ2v) is 10.2. The van der Waals surface area contributed by atoms with Crippen LogP contribution in [0.1, 0.15) is 52.3 Å². The minimum atomic E-state index is -0.495. The van der Waals surface area contributed by atoms with Crippen molar-refractivity contribution in [1.82, 2.24) is 20.5 Å². The van der Waals surface area contributed by atoms with Crippen LogP contribution < -0.4 is 20.3 Å². The van der Waals surface area contributed by atoms with Crippen LogP contribution in [0.5, 0.6) is 5.75 Å². The molecule has 0 radical (unpaired) electrons. The van der Waals surface area contributed by atoms with Crippen LogP contribution in [0.2, 0.25) is 0 Å². The first-order chi connectivity index (χ1) is 20.2. The average Bonchev–Trinajstić information content (AvgIpc) is 3.40. The highest BCUT2D eigenvalue weighted by molar-refractivity contribution is 6.36. The topological polar surface area (TPSA) is 107 Å². The first kappa shape index (κ1) is 30.5. The number of aromatic amines is 1. The minimum Gasteiger partial charge on any atom is -0.497 e. The molecule has 2 heterocycles. The van der Waals surface area contributed by atoms with Crippen molar-refractivity contribution in [2.24, 2.45) is 0 Å². The maximum Gasteiger partial charge on any atom is 0.259 e. The summed E-state index contributed by atoms with van der Waals surface area (Å²) in [6, 6.07) is 11.4. The summed E-state index contributed by atoms with van der Waals surface area (Å²) in [7, 11) is 1.58. The van der Waals surface area contributed by atoms with Crippen molar-refractivity contribution in [1.29, 1.82) is 0 Å². The van der Waals surface area contributed by atoms with Gasteiger partial charge in [0.15, 0.2) is 0 Å². The Morgan fingerprint density at radius 1 is 1.07 bits per heavy atom. The molecule has 1 aliphatic heterocycles. The minimum absolute atomic E-state index is 0.197. The van der Waals surface area contributed by atoms with E-state index in [1.54, 1.807) is 32.2 Å². The van der Waals surface area contributed by atoms with Crippen LogP contribution in [0.15, 0.2) is 42.5 Å². The Kier molecular flexibility index (Phi) is 9.80. The number of fused-ring (bicyclic) bond motifs is 1. The molecule has 0 unspecified atom stereocenters. The summed E-state index contributed by atoms with van der Waals surface area (Å²) in [5.74, 6) is -0.756. The van der Waals surface area contributed by atoms with Gasteiger partial charge in [-0.05, 0) is 74.5 Å². The van der Waals surface area contributed by atoms with Crippen LogP contribution in [-0.2, 0) is 16.1 Å². The van der Waals surface area contributed by atoms with E-state index in [1.165, 1.54) is 23.1 Å². The first-order valence-electron chi connectivity index (χ1n) is 14.1. The predicted octanol–water partition coefficient (Wildman–Crippen LogP) is 4.05. The number of carbonyl (C=O) groups is 3. The maximum absolute atomic E-state index is 14.3. The summed E-state index contributed by atoms with van der Waals surface area (Å²) < 4.78 is 19.5. The molecule has 0 aliphatic carbocycles.